The van der Waals surface area contributed by atoms with E-state index in [2.05, 4.69) is 0 Å². The monoisotopic (exact) mass is 410 g/mol. The van der Waals surface area contributed by atoms with Gasteiger partial charge in [0.15, 0.2) is 6.61 Å². The average Bonchev–Trinajstić information content (AvgIpc) is 3.13. The summed E-state index contributed by atoms with van der Waals surface area (Å²) < 4.78 is 5.12. The molecule has 1 saturated heterocycles. The molecule has 2 aromatic carbocycles. The van der Waals surface area contributed by atoms with Crippen molar-refractivity contribution >= 4 is 29.0 Å². The smallest absolute Gasteiger partial charge is 0.311 e. The van der Waals surface area contributed by atoms with Crippen molar-refractivity contribution in [1.29, 1.82) is 0 Å². The Labute approximate surface area is 173 Å². The van der Waals surface area contributed by atoms with Gasteiger partial charge < -0.3 is 9.64 Å². The zero-order valence-corrected chi connectivity index (χ0v) is 16.8. The third-order valence-electron chi connectivity index (χ3n) is 5.20. The van der Waals surface area contributed by atoms with Crippen molar-refractivity contribution in [2.45, 2.75) is 26.7 Å². The molecule has 3 rings (SSSR count). The minimum atomic E-state index is -0.664. The van der Waals surface area contributed by atoms with Crippen LogP contribution in [-0.2, 0) is 20.7 Å². The lowest BCUT2D eigenvalue weighted by atomic mass is 10.1. The highest BCUT2D eigenvalue weighted by molar-refractivity contribution is 6.01. The number of benzene rings is 2. The molecule has 8 nitrogen and oxygen atoms in total. The van der Waals surface area contributed by atoms with Crippen LogP contribution >= 0.6 is 0 Å². The molecule has 0 N–H and O–H groups in total. The number of carbonyl (C=O) groups excluding carboxylic acids is 3. The minimum absolute atomic E-state index is 0.0150. The summed E-state index contributed by atoms with van der Waals surface area (Å²) in [4.78, 5) is 49.2. The maximum Gasteiger partial charge on any atom is 0.311 e. The van der Waals surface area contributed by atoms with Crippen molar-refractivity contribution in [2.75, 3.05) is 18.1 Å². The number of nitro groups is 1. The molecule has 0 saturated carbocycles. The van der Waals surface area contributed by atoms with Gasteiger partial charge in [-0.05, 0) is 25.0 Å². The second-order valence-electron chi connectivity index (χ2n) is 7.18. The summed E-state index contributed by atoms with van der Waals surface area (Å²) in [5, 5.41) is 11.0. The molecular weight excluding hydrogens is 388 g/mol. The molecule has 1 amide bonds. The molecule has 0 aromatic heterocycles. The fourth-order valence-corrected chi connectivity index (χ4v) is 3.49. The summed E-state index contributed by atoms with van der Waals surface area (Å²) in [6.07, 6.45) is 0.771. The Hall–Kier alpha value is -3.55. The Kier molecular flexibility index (Phi) is 6.25. The van der Waals surface area contributed by atoms with E-state index in [1.807, 2.05) is 31.2 Å². The average molecular weight is 410 g/mol. The summed E-state index contributed by atoms with van der Waals surface area (Å²) in [5.41, 5.74) is 2.16. The summed E-state index contributed by atoms with van der Waals surface area (Å²) in [6, 6.07) is 11.6. The maximum atomic E-state index is 12.4. The number of anilines is 1. The molecule has 1 fully saturated rings. The Balaban J connectivity index is 1.63. The van der Waals surface area contributed by atoms with Crippen molar-refractivity contribution in [3.05, 3.63) is 69.3 Å². The van der Waals surface area contributed by atoms with Gasteiger partial charge in [-0.3, -0.25) is 24.5 Å². The molecule has 1 aliphatic heterocycles. The molecule has 156 valence electrons. The number of nitro benzene ring substituents is 1. The van der Waals surface area contributed by atoms with Crippen LogP contribution in [0.25, 0.3) is 0 Å². The molecule has 0 bridgehead atoms. The summed E-state index contributed by atoms with van der Waals surface area (Å²) in [6.45, 7) is 3.23. The van der Waals surface area contributed by atoms with E-state index in [1.54, 1.807) is 11.8 Å². The van der Waals surface area contributed by atoms with Crippen molar-refractivity contribution in [2.24, 2.45) is 5.92 Å². The van der Waals surface area contributed by atoms with Gasteiger partial charge in [-0.25, -0.2) is 0 Å². The number of hydrogen-bond donors (Lipinski definition) is 0. The highest BCUT2D eigenvalue weighted by Crippen LogP contribution is 2.29. The Bertz CT molecular complexity index is 1020. The molecule has 8 heteroatoms. The number of rotatable bonds is 7. The normalized spacial score (nSPS) is 15.9. The fraction of sp³-hybridized carbons (Fsp3) is 0.318. The molecule has 0 aliphatic carbocycles. The van der Waals surface area contributed by atoms with Gasteiger partial charge in [-0.15, -0.1) is 0 Å². The first-order valence-corrected chi connectivity index (χ1v) is 9.65. The van der Waals surface area contributed by atoms with E-state index in [4.69, 9.17) is 4.74 Å². The first-order valence-electron chi connectivity index (χ1n) is 9.65. The number of hydrogen-bond acceptors (Lipinski definition) is 6. The van der Waals surface area contributed by atoms with E-state index in [0.29, 0.717) is 5.56 Å². The third kappa shape index (κ3) is 4.37. The van der Waals surface area contributed by atoms with E-state index < -0.39 is 29.2 Å². The van der Waals surface area contributed by atoms with Crippen LogP contribution < -0.4 is 4.90 Å². The number of Topliss-reactive ketones (excluding diaryl/α,β-unsaturated/α-hetero) is 1. The predicted molar refractivity (Wildman–Crippen MR) is 109 cm³/mol. The van der Waals surface area contributed by atoms with Gasteiger partial charge in [-0.2, -0.15) is 0 Å². The third-order valence-corrected chi connectivity index (χ3v) is 5.20. The summed E-state index contributed by atoms with van der Waals surface area (Å²) in [7, 11) is 0. The number of aryl methyl sites for hydroxylation is 2. The predicted octanol–water partition coefficient (Wildman–Crippen LogP) is 3.24. The van der Waals surface area contributed by atoms with E-state index in [9.17, 15) is 24.5 Å². The highest BCUT2D eigenvalue weighted by Gasteiger charge is 2.37. The van der Waals surface area contributed by atoms with Crippen molar-refractivity contribution in [3.8, 4) is 0 Å². The van der Waals surface area contributed by atoms with Crippen molar-refractivity contribution in [1.82, 2.24) is 0 Å². The molecule has 0 spiro atoms. The minimum Gasteiger partial charge on any atom is -0.457 e. The molecule has 1 atom stereocenters. The molecule has 0 unspecified atom stereocenters. The lowest BCUT2D eigenvalue weighted by Crippen LogP contribution is -2.28. The number of esters is 1. The molecular formula is C22H22N2O6. The van der Waals surface area contributed by atoms with Gasteiger partial charge in [0, 0.05) is 35.8 Å². The Morgan fingerprint density at radius 2 is 1.97 bits per heavy atom. The Morgan fingerprint density at radius 3 is 2.67 bits per heavy atom. The maximum absolute atomic E-state index is 12.4. The molecule has 2 aromatic rings. The number of amides is 1. The van der Waals surface area contributed by atoms with E-state index in [-0.39, 0.29) is 30.1 Å². The standard InChI is InChI=1S/C22H22N2O6/c1-3-15-6-4-5-7-18(15)23-12-17(11-21(23)26)22(27)30-13-20(25)16-9-8-14(2)19(10-16)24(28)29/h4-10,17H,3,11-13H2,1-2H3/t17-/m1/s1. The second-order valence-corrected chi connectivity index (χ2v) is 7.18. The zero-order chi connectivity index (χ0) is 21.8. The van der Waals surface area contributed by atoms with E-state index in [0.717, 1.165) is 17.7 Å². The number of carbonyl (C=O) groups is 3. The van der Waals surface area contributed by atoms with Crippen molar-refractivity contribution < 1.29 is 24.0 Å². The van der Waals surface area contributed by atoms with Crippen LogP contribution in [0.1, 0.15) is 34.8 Å². The van der Waals surface area contributed by atoms with Gasteiger partial charge in [0.1, 0.15) is 0 Å². The zero-order valence-electron chi connectivity index (χ0n) is 16.8. The van der Waals surface area contributed by atoms with Gasteiger partial charge >= 0.3 is 5.97 Å². The quantitative estimate of drug-likeness (QED) is 0.300. The number of ether oxygens (including phenoxy) is 1. The van der Waals surface area contributed by atoms with Crippen molar-refractivity contribution in [3.63, 3.8) is 0 Å². The number of para-hydroxylation sites is 1. The van der Waals surface area contributed by atoms with E-state index >= 15 is 0 Å². The lowest BCUT2D eigenvalue weighted by Gasteiger charge is -2.19. The lowest BCUT2D eigenvalue weighted by molar-refractivity contribution is -0.385. The van der Waals surface area contributed by atoms with Gasteiger partial charge in [-0.1, -0.05) is 37.3 Å². The van der Waals surface area contributed by atoms with Gasteiger partial charge in [0.2, 0.25) is 11.7 Å². The summed E-state index contributed by atoms with van der Waals surface area (Å²) in [5.74, 6) is -2.00. The van der Waals surface area contributed by atoms with Crippen LogP contribution in [0.4, 0.5) is 11.4 Å². The highest BCUT2D eigenvalue weighted by atomic mass is 16.6. The Morgan fingerprint density at radius 1 is 1.23 bits per heavy atom. The molecule has 1 heterocycles. The first-order chi connectivity index (χ1) is 14.3. The molecule has 1 aliphatic rings. The SMILES string of the molecule is CCc1ccccc1N1C[C@H](C(=O)OCC(=O)c2ccc(C)c([N+](=O)[O-])c2)CC1=O. The number of nitrogens with zero attached hydrogens (tertiary/aromatic N) is 2. The van der Waals surface area contributed by atoms with Crippen LogP contribution in [0, 0.1) is 23.0 Å². The van der Waals surface area contributed by atoms with E-state index in [1.165, 1.54) is 18.2 Å². The van der Waals surface area contributed by atoms with Crippen LogP contribution in [0.3, 0.4) is 0 Å². The topological polar surface area (TPSA) is 107 Å². The molecule has 30 heavy (non-hydrogen) atoms. The van der Waals surface area contributed by atoms with Crippen LogP contribution in [0.5, 0.6) is 0 Å². The number of ketones is 1. The fourth-order valence-electron chi connectivity index (χ4n) is 3.49. The largest absolute Gasteiger partial charge is 0.457 e. The first kappa shape index (κ1) is 21.2. The molecule has 0 radical (unpaired) electrons. The second kappa shape index (κ2) is 8.86. The summed E-state index contributed by atoms with van der Waals surface area (Å²) >= 11 is 0. The van der Waals surface area contributed by atoms with Crippen LogP contribution in [0.15, 0.2) is 42.5 Å². The van der Waals surface area contributed by atoms with Crippen LogP contribution in [-0.4, -0.2) is 35.7 Å². The van der Waals surface area contributed by atoms with Gasteiger partial charge in [0.25, 0.3) is 5.69 Å². The van der Waals surface area contributed by atoms with Crippen LogP contribution in [0.2, 0.25) is 0 Å². The van der Waals surface area contributed by atoms with Gasteiger partial charge in [0.05, 0.1) is 10.8 Å².